The molecule has 1 aliphatic heterocycles. The van der Waals surface area contributed by atoms with E-state index >= 15 is 0 Å². The molecule has 0 aromatic heterocycles. The zero-order valence-electron chi connectivity index (χ0n) is 10.5. The Bertz CT molecular complexity index is 446. The third-order valence-corrected chi connectivity index (χ3v) is 3.02. The molecule has 0 fully saturated rings. The summed E-state index contributed by atoms with van der Waals surface area (Å²) in [5.74, 6) is 0. The van der Waals surface area contributed by atoms with E-state index in [0.717, 1.165) is 23.4 Å². The second-order valence-corrected chi connectivity index (χ2v) is 4.43. The van der Waals surface area contributed by atoms with E-state index in [4.69, 9.17) is 15.5 Å². The van der Waals surface area contributed by atoms with Gasteiger partial charge in [-0.1, -0.05) is 0 Å². The molecule has 0 aromatic carbocycles. The minimum Gasteiger partial charge on any atom is -0.330 e. The predicted molar refractivity (Wildman–Crippen MR) is 67.5 cm³/mol. The zero-order chi connectivity index (χ0) is 12.5. The number of nitrogens with zero attached hydrogens (tertiary/aromatic N) is 1. The van der Waals surface area contributed by atoms with Crippen molar-refractivity contribution in [1.29, 1.82) is 0 Å². The molecule has 0 saturated carbocycles. The first kappa shape index (κ1) is 12.2. The van der Waals surface area contributed by atoms with E-state index in [-0.39, 0.29) is 0 Å². The molecule has 0 saturated heterocycles. The van der Waals surface area contributed by atoms with Gasteiger partial charge in [0.05, 0.1) is 12.8 Å². The van der Waals surface area contributed by atoms with E-state index in [1.165, 1.54) is 12.7 Å². The summed E-state index contributed by atoms with van der Waals surface area (Å²) < 4.78 is 0. The molecule has 92 valence electrons. The highest BCUT2D eigenvalue weighted by atomic mass is 17.2. The lowest BCUT2D eigenvalue weighted by atomic mass is 9.90. The molecule has 0 radical (unpaired) electrons. The van der Waals surface area contributed by atoms with Crippen molar-refractivity contribution in [2.24, 2.45) is 10.7 Å². The summed E-state index contributed by atoms with van der Waals surface area (Å²) in [7, 11) is 1.51. The summed E-state index contributed by atoms with van der Waals surface area (Å²) in [6.07, 6.45) is 6.76. The molecule has 0 spiro atoms. The maximum absolute atomic E-state index is 5.58. The van der Waals surface area contributed by atoms with Crippen LogP contribution in [-0.2, 0) is 9.78 Å². The fraction of sp³-hybridized carbons (Fsp3) is 0.462. The molecule has 4 nitrogen and oxygen atoms in total. The molecular weight excluding hydrogens is 216 g/mol. The first-order valence-corrected chi connectivity index (χ1v) is 5.73. The first-order valence-electron chi connectivity index (χ1n) is 5.73. The van der Waals surface area contributed by atoms with E-state index in [9.17, 15) is 0 Å². The minimum atomic E-state index is -0.525. The molecule has 4 heteroatoms. The Hall–Kier alpha value is -1.23. The van der Waals surface area contributed by atoms with Crippen molar-refractivity contribution in [1.82, 2.24) is 0 Å². The molecular formula is C13H18N2O2. The molecule has 17 heavy (non-hydrogen) atoms. The summed E-state index contributed by atoms with van der Waals surface area (Å²) in [6.45, 7) is 4.64. The Morgan fingerprint density at radius 3 is 2.88 bits per heavy atom. The second kappa shape index (κ2) is 4.56. The molecule has 0 amide bonds. The van der Waals surface area contributed by atoms with Crippen LogP contribution in [0.1, 0.15) is 20.3 Å². The standard InChI is InChI=1S/C13H18N2O2/c1-9-10-8-13(2,17-16-3)6-4-12(10)15-11(9)5-7-14/h4,6,8H,5,7,14H2,1-3H3. The molecule has 1 aliphatic carbocycles. The van der Waals surface area contributed by atoms with Gasteiger partial charge in [0.25, 0.3) is 0 Å². The maximum atomic E-state index is 5.58. The SMILES string of the molecule is COOC1(C)C=CC2=NC(CCN)=C(C)C2=C1. The van der Waals surface area contributed by atoms with Crippen LogP contribution in [0, 0.1) is 0 Å². The number of rotatable bonds is 4. The quantitative estimate of drug-likeness (QED) is 0.597. The van der Waals surface area contributed by atoms with Crippen LogP contribution < -0.4 is 5.73 Å². The van der Waals surface area contributed by atoms with Gasteiger partial charge in [-0.05, 0) is 44.2 Å². The van der Waals surface area contributed by atoms with E-state index in [0.29, 0.717) is 6.54 Å². The van der Waals surface area contributed by atoms with E-state index < -0.39 is 5.60 Å². The average Bonchev–Trinajstić information content (AvgIpc) is 2.57. The van der Waals surface area contributed by atoms with Crippen LogP contribution >= 0.6 is 0 Å². The number of hydrogen-bond donors (Lipinski definition) is 1. The number of nitrogens with two attached hydrogens (primary N) is 1. The lowest BCUT2D eigenvalue weighted by Gasteiger charge is -2.24. The molecule has 2 rings (SSSR count). The zero-order valence-corrected chi connectivity index (χ0v) is 10.5. The Labute approximate surface area is 101 Å². The summed E-state index contributed by atoms with van der Waals surface area (Å²) in [4.78, 5) is 14.6. The first-order chi connectivity index (χ1) is 8.09. The van der Waals surface area contributed by atoms with Gasteiger partial charge < -0.3 is 5.73 Å². The molecule has 0 bridgehead atoms. The van der Waals surface area contributed by atoms with E-state index in [1.54, 1.807) is 0 Å². The fourth-order valence-corrected chi connectivity index (χ4v) is 2.14. The third kappa shape index (κ3) is 2.24. The highest BCUT2D eigenvalue weighted by Crippen LogP contribution is 2.33. The largest absolute Gasteiger partial charge is 0.330 e. The molecule has 2 aliphatic rings. The number of hydrogen-bond acceptors (Lipinski definition) is 4. The van der Waals surface area contributed by atoms with Gasteiger partial charge in [-0.3, -0.25) is 4.99 Å². The van der Waals surface area contributed by atoms with Crippen LogP contribution in [0.15, 0.2) is 40.1 Å². The lowest BCUT2D eigenvalue weighted by molar-refractivity contribution is -0.313. The summed E-state index contributed by atoms with van der Waals surface area (Å²) in [6, 6.07) is 0. The Kier molecular flexibility index (Phi) is 3.28. The van der Waals surface area contributed by atoms with Crippen LogP contribution in [0.5, 0.6) is 0 Å². The van der Waals surface area contributed by atoms with Gasteiger partial charge in [-0.2, -0.15) is 0 Å². The topological polar surface area (TPSA) is 56.8 Å². The summed E-state index contributed by atoms with van der Waals surface area (Å²) in [5.41, 5.74) is 9.41. The molecule has 1 unspecified atom stereocenters. The van der Waals surface area contributed by atoms with Crippen molar-refractivity contribution < 1.29 is 9.78 Å². The third-order valence-electron chi connectivity index (χ3n) is 3.02. The maximum Gasteiger partial charge on any atom is 0.138 e. The number of fused-ring (bicyclic) bond motifs is 1. The summed E-state index contributed by atoms with van der Waals surface area (Å²) >= 11 is 0. The lowest BCUT2D eigenvalue weighted by Crippen LogP contribution is -2.27. The van der Waals surface area contributed by atoms with Crippen molar-refractivity contribution in [3.05, 3.63) is 35.1 Å². The Balaban J connectivity index is 2.32. The predicted octanol–water partition coefficient (Wildman–Crippen LogP) is 1.90. The Morgan fingerprint density at radius 2 is 2.24 bits per heavy atom. The number of allylic oxidation sites excluding steroid dienone is 3. The van der Waals surface area contributed by atoms with Gasteiger partial charge in [-0.25, -0.2) is 9.78 Å². The van der Waals surface area contributed by atoms with Crippen molar-refractivity contribution in [2.75, 3.05) is 13.7 Å². The van der Waals surface area contributed by atoms with Gasteiger partial charge in [0.2, 0.25) is 0 Å². The molecule has 2 N–H and O–H groups in total. The second-order valence-electron chi connectivity index (χ2n) is 4.43. The van der Waals surface area contributed by atoms with Gasteiger partial charge in [0.1, 0.15) is 5.60 Å². The Morgan fingerprint density at radius 1 is 1.47 bits per heavy atom. The molecule has 0 aromatic rings. The van der Waals surface area contributed by atoms with Crippen LogP contribution in [0.4, 0.5) is 0 Å². The smallest absolute Gasteiger partial charge is 0.138 e. The molecule has 1 atom stereocenters. The van der Waals surface area contributed by atoms with E-state index in [2.05, 4.69) is 11.9 Å². The van der Waals surface area contributed by atoms with Crippen LogP contribution in [-0.4, -0.2) is 25.0 Å². The van der Waals surface area contributed by atoms with Gasteiger partial charge in [0, 0.05) is 17.7 Å². The highest BCUT2D eigenvalue weighted by molar-refractivity contribution is 6.15. The number of aliphatic imine (C=N–C) groups is 1. The van der Waals surface area contributed by atoms with Crippen molar-refractivity contribution in [2.45, 2.75) is 25.9 Å². The van der Waals surface area contributed by atoms with Crippen molar-refractivity contribution in [3.63, 3.8) is 0 Å². The monoisotopic (exact) mass is 234 g/mol. The normalized spacial score (nSPS) is 27.1. The van der Waals surface area contributed by atoms with Crippen LogP contribution in [0.2, 0.25) is 0 Å². The highest BCUT2D eigenvalue weighted by Gasteiger charge is 2.30. The van der Waals surface area contributed by atoms with E-state index in [1.807, 2.05) is 25.2 Å². The van der Waals surface area contributed by atoms with Gasteiger partial charge in [-0.15, -0.1) is 0 Å². The average molecular weight is 234 g/mol. The molecule has 1 heterocycles. The van der Waals surface area contributed by atoms with Crippen LogP contribution in [0.25, 0.3) is 0 Å². The summed E-state index contributed by atoms with van der Waals surface area (Å²) in [5, 5.41) is 0. The van der Waals surface area contributed by atoms with Gasteiger partial charge >= 0.3 is 0 Å². The fourth-order valence-electron chi connectivity index (χ4n) is 2.14. The van der Waals surface area contributed by atoms with Crippen molar-refractivity contribution in [3.8, 4) is 0 Å². The minimum absolute atomic E-state index is 0.525. The van der Waals surface area contributed by atoms with Crippen LogP contribution in [0.3, 0.4) is 0 Å². The van der Waals surface area contributed by atoms with Crippen molar-refractivity contribution >= 4 is 5.71 Å². The van der Waals surface area contributed by atoms with Gasteiger partial charge in [0.15, 0.2) is 0 Å².